The van der Waals surface area contributed by atoms with Gasteiger partial charge in [0, 0.05) is 18.0 Å². The van der Waals surface area contributed by atoms with E-state index in [0.717, 1.165) is 41.5 Å². The molecule has 0 bridgehead atoms. The molecule has 1 atom stereocenters. The molecule has 1 unspecified atom stereocenters. The Labute approximate surface area is 178 Å². The van der Waals surface area contributed by atoms with E-state index in [1.54, 1.807) is 15.9 Å². The van der Waals surface area contributed by atoms with Gasteiger partial charge in [0.2, 0.25) is 5.91 Å². The number of fused-ring (bicyclic) bond motifs is 3. The first kappa shape index (κ1) is 20.2. The Morgan fingerprint density at radius 3 is 2.86 bits per heavy atom. The summed E-state index contributed by atoms with van der Waals surface area (Å²) < 4.78 is 1.76. The second kappa shape index (κ2) is 8.71. The normalized spacial score (nSPS) is 14.1. The molecule has 1 aliphatic carbocycles. The van der Waals surface area contributed by atoms with E-state index in [1.165, 1.54) is 22.2 Å². The topological polar surface area (TPSA) is 64.0 Å². The molecular weight excluding hydrogens is 402 g/mol. The monoisotopic (exact) mass is 427 g/mol. The molecule has 0 spiro atoms. The number of thiophene rings is 1. The van der Waals surface area contributed by atoms with Gasteiger partial charge in [0.25, 0.3) is 5.56 Å². The SMILES string of the molecule is CCCn1c(SC(C)C(=O)NCc2ccccc2)nc2sc3c(c2c1=O)CCC3. The smallest absolute Gasteiger partial charge is 0.263 e. The number of benzene rings is 1. The Kier molecular flexibility index (Phi) is 6.06. The van der Waals surface area contributed by atoms with Crippen LogP contribution in [0.5, 0.6) is 0 Å². The van der Waals surface area contributed by atoms with Crippen molar-refractivity contribution in [2.75, 3.05) is 0 Å². The maximum Gasteiger partial charge on any atom is 0.263 e. The van der Waals surface area contributed by atoms with Gasteiger partial charge in [-0.25, -0.2) is 4.98 Å². The molecule has 0 saturated heterocycles. The highest BCUT2D eigenvalue weighted by Gasteiger charge is 2.24. The van der Waals surface area contributed by atoms with Crippen molar-refractivity contribution in [1.82, 2.24) is 14.9 Å². The van der Waals surface area contributed by atoms with Gasteiger partial charge < -0.3 is 5.32 Å². The highest BCUT2D eigenvalue weighted by molar-refractivity contribution is 8.00. The molecule has 152 valence electrons. The van der Waals surface area contributed by atoms with E-state index < -0.39 is 0 Å². The van der Waals surface area contributed by atoms with Crippen LogP contribution in [0.15, 0.2) is 40.3 Å². The summed E-state index contributed by atoms with van der Waals surface area (Å²) in [7, 11) is 0. The number of aryl methyl sites for hydroxylation is 2. The van der Waals surface area contributed by atoms with Crippen LogP contribution >= 0.6 is 23.1 Å². The van der Waals surface area contributed by atoms with Gasteiger partial charge in [-0.2, -0.15) is 0 Å². The fraction of sp³-hybridized carbons (Fsp3) is 0.409. The molecule has 0 radical (unpaired) electrons. The maximum atomic E-state index is 13.2. The zero-order valence-electron chi connectivity index (χ0n) is 16.7. The van der Waals surface area contributed by atoms with Crippen LogP contribution in [0.1, 0.15) is 42.7 Å². The second-order valence-electron chi connectivity index (χ2n) is 7.35. The largest absolute Gasteiger partial charge is 0.351 e. The van der Waals surface area contributed by atoms with Crippen molar-refractivity contribution in [2.24, 2.45) is 0 Å². The molecule has 2 heterocycles. The Bertz CT molecular complexity index is 1090. The molecule has 7 heteroatoms. The van der Waals surface area contributed by atoms with Crippen molar-refractivity contribution >= 4 is 39.2 Å². The van der Waals surface area contributed by atoms with E-state index in [0.29, 0.717) is 18.2 Å². The van der Waals surface area contributed by atoms with E-state index >= 15 is 0 Å². The van der Waals surface area contributed by atoms with Crippen LogP contribution in [-0.2, 0) is 30.7 Å². The van der Waals surface area contributed by atoms with Gasteiger partial charge in [0.05, 0.1) is 10.6 Å². The van der Waals surface area contributed by atoms with Gasteiger partial charge in [-0.1, -0.05) is 49.0 Å². The van der Waals surface area contributed by atoms with Crippen molar-refractivity contribution < 1.29 is 4.79 Å². The predicted molar refractivity (Wildman–Crippen MR) is 120 cm³/mol. The number of nitrogens with zero attached hydrogens (tertiary/aromatic N) is 2. The lowest BCUT2D eigenvalue weighted by Gasteiger charge is -2.15. The number of aromatic nitrogens is 2. The van der Waals surface area contributed by atoms with E-state index in [1.807, 2.05) is 37.3 Å². The fourth-order valence-electron chi connectivity index (χ4n) is 3.71. The summed E-state index contributed by atoms with van der Waals surface area (Å²) in [6.45, 7) is 5.04. The van der Waals surface area contributed by atoms with Crippen LogP contribution in [0.25, 0.3) is 10.2 Å². The number of carbonyl (C=O) groups is 1. The van der Waals surface area contributed by atoms with Crippen LogP contribution in [0.3, 0.4) is 0 Å². The van der Waals surface area contributed by atoms with E-state index in [-0.39, 0.29) is 16.7 Å². The summed E-state index contributed by atoms with van der Waals surface area (Å²) in [6.07, 6.45) is 3.99. The first-order chi connectivity index (χ1) is 14.1. The number of rotatable bonds is 7. The predicted octanol–water partition coefficient (Wildman–Crippen LogP) is 4.15. The summed E-state index contributed by atoms with van der Waals surface area (Å²) in [5.74, 6) is -0.0510. The van der Waals surface area contributed by atoms with Crippen LogP contribution in [-0.4, -0.2) is 20.7 Å². The average molecular weight is 428 g/mol. The number of hydrogen-bond donors (Lipinski definition) is 1. The first-order valence-electron chi connectivity index (χ1n) is 10.1. The minimum Gasteiger partial charge on any atom is -0.351 e. The van der Waals surface area contributed by atoms with Crippen molar-refractivity contribution in [2.45, 2.75) is 63.0 Å². The van der Waals surface area contributed by atoms with Gasteiger partial charge in [0.15, 0.2) is 5.16 Å². The number of thioether (sulfide) groups is 1. The van der Waals surface area contributed by atoms with Gasteiger partial charge in [-0.3, -0.25) is 14.2 Å². The number of amides is 1. The molecule has 29 heavy (non-hydrogen) atoms. The molecule has 4 rings (SSSR count). The molecule has 0 saturated carbocycles. The third kappa shape index (κ3) is 4.12. The van der Waals surface area contributed by atoms with Crippen molar-refractivity contribution in [1.29, 1.82) is 0 Å². The third-order valence-electron chi connectivity index (χ3n) is 5.20. The lowest BCUT2D eigenvalue weighted by atomic mass is 10.2. The summed E-state index contributed by atoms with van der Waals surface area (Å²) >= 11 is 3.02. The van der Waals surface area contributed by atoms with Crippen molar-refractivity contribution in [3.8, 4) is 0 Å². The minimum absolute atomic E-state index is 0.0510. The fourth-order valence-corrected chi connectivity index (χ4v) is 5.97. The van der Waals surface area contributed by atoms with E-state index in [2.05, 4.69) is 12.2 Å². The number of nitrogens with one attached hydrogen (secondary N) is 1. The standard InChI is InChI=1S/C22H25N3O2S2/c1-3-12-25-21(27)18-16-10-7-11-17(16)29-20(18)24-22(25)28-14(2)19(26)23-13-15-8-5-4-6-9-15/h4-6,8-9,14H,3,7,10-13H2,1-2H3,(H,23,26). The lowest BCUT2D eigenvalue weighted by molar-refractivity contribution is -0.120. The number of carbonyl (C=O) groups excluding carboxylic acids is 1. The lowest BCUT2D eigenvalue weighted by Crippen LogP contribution is -2.31. The zero-order valence-corrected chi connectivity index (χ0v) is 18.4. The van der Waals surface area contributed by atoms with Crippen molar-refractivity contribution in [3.63, 3.8) is 0 Å². The molecular formula is C22H25N3O2S2. The van der Waals surface area contributed by atoms with E-state index in [4.69, 9.17) is 4.98 Å². The quantitative estimate of drug-likeness (QED) is 0.454. The van der Waals surface area contributed by atoms with Gasteiger partial charge in [-0.15, -0.1) is 11.3 Å². The Balaban J connectivity index is 1.57. The highest BCUT2D eigenvalue weighted by atomic mass is 32.2. The van der Waals surface area contributed by atoms with Gasteiger partial charge in [0.1, 0.15) is 4.83 Å². The summed E-state index contributed by atoms with van der Waals surface area (Å²) in [6, 6.07) is 9.85. The molecule has 3 aromatic rings. The Morgan fingerprint density at radius 1 is 1.31 bits per heavy atom. The summed E-state index contributed by atoms with van der Waals surface area (Å²) in [4.78, 5) is 32.8. The molecule has 1 N–H and O–H groups in total. The second-order valence-corrected chi connectivity index (χ2v) is 9.74. The Morgan fingerprint density at radius 2 is 2.10 bits per heavy atom. The zero-order chi connectivity index (χ0) is 20.4. The van der Waals surface area contributed by atoms with Gasteiger partial charge >= 0.3 is 0 Å². The van der Waals surface area contributed by atoms with Crippen LogP contribution in [0.4, 0.5) is 0 Å². The van der Waals surface area contributed by atoms with Gasteiger partial charge in [-0.05, 0) is 43.7 Å². The van der Waals surface area contributed by atoms with Crippen LogP contribution < -0.4 is 10.9 Å². The molecule has 0 fully saturated rings. The van der Waals surface area contributed by atoms with Crippen LogP contribution in [0.2, 0.25) is 0 Å². The molecule has 1 aliphatic rings. The summed E-state index contributed by atoms with van der Waals surface area (Å²) in [5.41, 5.74) is 2.32. The molecule has 2 aromatic heterocycles. The minimum atomic E-state index is -0.335. The highest BCUT2D eigenvalue weighted by Crippen LogP contribution is 2.36. The molecule has 5 nitrogen and oxygen atoms in total. The average Bonchev–Trinajstić information content (AvgIpc) is 3.30. The maximum absolute atomic E-state index is 13.2. The molecule has 1 aromatic carbocycles. The molecule has 0 aliphatic heterocycles. The van der Waals surface area contributed by atoms with Crippen molar-refractivity contribution in [3.05, 3.63) is 56.7 Å². The van der Waals surface area contributed by atoms with Crippen LogP contribution in [0, 0.1) is 0 Å². The third-order valence-corrected chi connectivity index (χ3v) is 7.47. The summed E-state index contributed by atoms with van der Waals surface area (Å²) in [5, 5.41) is 4.10. The number of hydrogen-bond acceptors (Lipinski definition) is 5. The first-order valence-corrected chi connectivity index (χ1v) is 11.8. The van der Waals surface area contributed by atoms with E-state index in [9.17, 15) is 9.59 Å². The Hall–Kier alpha value is -2.12. The molecule has 1 amide bonds.